The number of hydrogen-bond donors (Lipinski definition) is 2. The summed E-state index contributed by atoms with van der Waals surface area (Å²) >= 11 is 1.71. The molecule has 10 heteroatoms. The van der Waals surface area contributed by atoms with E-state index in [-0.39, 0.29) is 12.2 Å². The molecule has 1 saturated heterocycles. The van der Waals surface area contributed by atoms with Crippen molar-refractivity contribution < 1.29 is 9.84 Å². The van der Waals surface area contributed by atoms with Crippen LogP contribution in [-0.2, 0) is 13.0 Å². The Hall–Kier alpha value is -2.40. The number of aliphatic hydroxyl groups excluding tert-OH is 1. The Morgan fingerprint density at radius 2 is 1.94 bits per heavy atom. The van der Waals surface area contributed by atoms with Gasteiger partial charge in [-0.15, -0.1) is 0 Å². The van der Waals surface area contributed by atoms with E-state index in [0.29, 0.717) is 35.8 Å². The fourth-order valence-electron chi connectivity index (χ4n) is 4.34. The van der Waals surface area contributed by atoms with Gasteiger partial charge in [0, 0.05) is 44.2 Å². The summed E-state index contributed by atoms with van der Waals surface area (Å²) in [5.41, 5.74) is 2.67. The summed E-state index contributed by atoms with van der Waals surface area (Å²) in [4.78, 5) is 24.4. The molecule has 0 aliphatic carbocycles. The summed E-state index contributed by atoms with van der Waals surface area (Å²) in [5, 5.41) is 13.8. The van der Waals surface area contributed by atoms with Gasteiger partial charge in [0.15, 0.2) is 5.52 Å². The van der Waals surface area contributed by atoms with Gasteiger partial charge in [0.25, 0.3) is 5.56 Å². The maximum absolute atomic E-state index is 13.1. The van der Waals surface area contributed by atoms with E-state index in [0.717, 1.165) is 68.1 Å². The average Bonchev–Trinajstić information content (AvgIpc) is 3.23. The Bertz CT molecular complexity index is 1190. The van der Waals surface area contributed by atoms with E-state index in [1.807, 2.05) is 13.0 Å². The Labute approximate surface area is 210 Å². The number of piperazine rings is 1. The molecule has 3 aromatic rings. The quantitative estimate of drug-likeness (QED) is 0.388. The highest BCUT2D eigenvalue weighted by molar-refractivity contribution is 7.97. The molecular weight excluding hydrogens is 464 g/mol. The maximum Gasteiger partial charge on any atom is 0.277 e. The van der Waals surface area contributed by atoms with Crippen LogP contribution in [0, 0.1) is 0 Å². The number of nitrogens with one attached hydrogen (secondary N) is 1. The number of aromatic nitrogens is 4. The summed E-state index contributed by atoms with van der Waals surface area (Å²) in [6, 6.07) is 6.10. The predicted octanol–water partition coefficient (Wildman–Crippen LogP) is 3.16. The third-order valence-corrected chi connectivity index (χ3v) is 7.19. The molecule has 1 aliphatic heterocycles. The van der Waals surface area contributed by atoms with Crippen molar-refractivity contribution in [2.75, 3.05) is 45.9 Å². The molecule has 1 aliphatic rings. The second kappa shape index (κ2) is 12.0. The van der Waals surface area contributed by atoms with E-state index in [2.05, 4.69) is 45.3 Å². The normalized spacial score (nSPS) is 15.2. The average molecular weight is 501 g/mol. The van der Waals surface area contributed by atoms with Crippen molar-refractivity contribution in [1.29, 1.82) is 0 Å². The van der Waals surface area contributed by atoms with Gasteiger partial charge in [-0.1, -0.05) is 20.3 Å². The number of aromatic amines is 1. The monoisotopic (exact) mass is 500 g/mol. The number of hydrogen-bond acceptors (Lipinski definition) is 8. The third-order valence-electron chi connectivity index (χ3n) is 6.10. The summed E-state index contributed by atoms with van der Waals surface area (Å²) in [5.74, 6) is 1.23. The molecule has 0 unspecified atom stereocenters. The molecule has 9 nitrogen and oxygen atoms in total. The molecule has 0 saturated carbocycles. The van der Waals surface area contributed by atoms with E-state index in [1.54, 1.807) is 16.6 Å². The minimum Gasteiger partial charge on any atom is -0.493 e. The van der Waals surface area contributed by atoms with Crippen LogP contribution in [0.3, 0.4) is 0 Å². The van der Waals surface area contributed by atoms with Gasteiger partial charge >= 0.3 is 0 Å². The van der Waals surface area contributed by atoms with Crippen LogP contribution in [0.4, 0.5) is 0 Å². The van der Waals surface area contributed by atoms with Gasteiger partial charge in [0.2, 0.25) is 0 Å². The highest BCUT2D eigenvalue weighted by Gasteiger charge is 2.21. The molecule has 0 radical (unpaired) electrons. The van der Waals surface area contributed by atoms with Crippen molar-refractivity contribution in [3.63, 3.8) is 0 Å². The molecule has 0 bridgehead atoms. The second-order valence-electron chi connectivity index (χ2n) is 8.72. The maximum atomic E-state index is 13.1. The molecular formula is C25H36N6O3S. The van der Waals surface area contributed by atoms with Crippen molar-refractivity contribution in [3.05, 3.63) is 34.2 Å². The molecule has 2 aromatic heterocycles. The zero-order valence-electron chi connectivity index (χ0n) is 20.9. The molecule has 0 amide bonds. The van der Waals surface area contributed by atoms with Crippen molar-refractivity contribution in [2.24, 2.45) is 0 Å². The number of ether oxygens (including phenoxy) is 1. The highest BCUT2D eigenvalue weighted by Crippen LogP contribution is 2.34. The van der Waals surface area contributed by atoms with Gasteiger partial charge in [-0.05, 0) is 49.9 Å². The van der Waals surface area contributed by atoms with Gasteiger partial charge in [-0.2, -0.15) is 5.10 Å². The fourth-order valence-corrected chi connectivity index (χ4v) is 5.28. The summed E-state index contributed by atoms with van der Waals surface area (Å²) in [6.07, 6.45) is 2.60. The molecule has 35 heavy (non-hydrogen) atoms. The smallest absolute Gasteiger partial charge is 0.277 e. The van der Waals surface area contributed by atoms with Gasteiger partial charge in [0.1, 0.15) is 17.1 Å². The van der Waals surface area contributed by atoms with Gasteiger partial charge in [0.05, 0.1) is 24.5 Å². The fraction of sp³-hybridized carbons (Fsp3) is 0.560. The van der Waals surface area contributed by atoms with Crippen molar-refractivity contribution in [1.82, 2.24) is 29.0 Å². The first-order valence-corrected chi connectivity index (χ1v) is 13.4. The number of H-pyrrole nitrogens is 1. The zero-order valence-corrected chi connectivity index (χ0v) is 21.7. The second-order valence-corrected chi connectivity index (χ2v) is 9.89. The zero-order chi connectivity index (χ0) is 24.8. The Balaban J connectivity index is 1.69. The lowest BCUT2D eigenvalue weighted by atomic mass is 10.1. The summed E-state index contributed by atoms with van der Waals surface area (Å²) in [7, 11) is 0. The highest BCUT2D eigenvalue weighted by atomic mass is 32.2. The lowest BCUT2D eigenvalue weighted by Gasteiger charge is -2.33. The first kappa shape index (κ1) is 25.7. The number of aryl methyl sites for hydroxylation is 2. The SMILES string of the molecule is CCCOc1ccc(SN2CCN(CCO)CC2)cc1-c1nc2c(CCC)nn(CC)c2c(=O)[nH]1. The van der Waals surface area contributed by atoms with Crippen molar-refractivity contribution in [2.45, 2.75) is 51.5 Å². The predicted molar refractivity (Wildman–Crippen MR) is 140 cm³/mol. The van der Waals surface area contributed by atoms with E-state index in [1.165, 1.54) is 0 Å². The van der Waals surface area contributed by atoms with Crippen LogP contribution in [0.5, 0.6) is 5.75 Å². The minimum atomic E-state index is -0.179. The third kappa shape index (κ3) is 5.88. The van der Waals surface area contributed by atoms with Crippen LogP contribution < -0.4 is 10.3 Å². The van der Waals surface area contributed by atoms with Gasteiger partial charge in [-0.3, -0.25) is 14.4 Å². The Morgan fingerprint density at radius 1 is 1.14 bits per heavy atom. The Kier molecular flexibility index (Phi) is 8.83. The first-order valence-electron chi connectivity index (χ1n) is 12.6. The number of β-amino-alcohol motifs (C(OH)–C–C–N with tert-alkyl or cyclic N) is 1. The molecule has 4 rings (SSSR count). The number of nitrogens with zero attached hydrogens (tertiary/aromatic N) is 5. The molecule has 2 N–H and O–H groups in total. The molecule has 0 atom stereocenters. The topological polar surface area (TPSA) is 99.5 Å². The molecule has 1 fully saturated rings. The lowest BCUT2D eigenvalue weighted by Crippen LogP contribution is -2.44. The number of rotatable bonds is 11. The van der Waals surface area contributed by atoms with Crippen LogP contribution in [0.2, 0.25) is 0 Å². The standard InChI is InChI=1S/C25H36N6O3S/c1-4-7-20-22-23(31(6-3)28-20)25(33)27-24(26-22)19-17-18(8-9-21(19)34-16-5-2)35-30-12-10-29(11-13-30)14-15-32/h8-9,17,32H,4-7,10-16H2,1-3H3,(H,26,27,33). The molecule has 0 spiro atoms. The van der Waals surface area contributed by atoms with Crippen LogP contribution >= 0.6 is 11.9 Å². The first-order chi connectivity index (χ1) is 17.1. The summed E-state index contributed by atoms with van der Waals surface area (Å²) in [6.45, 7) is 12.0. The van der Waals surface area contributed by atoms with Crippen LogP contribution in [0.25, 0.3) is 22.4 Å². The number of aliphatic hydroxyl groups is 1. The van der Waals surface area contributed by atoms with Crippen molar-refractivity contribution in [3.8, 4) is 17.1 Å². The van der Waals surface area contributed by atoms with Crippen molar-refractivity contribution >= 4 is 23.0 Å². The minimum absolute atomic E-state index is 0.179. The summed E-state index contributed by atoms with van der Waals surface area (Å²) < 4.78 is 10.1. The number of fused-ring (bicyclic) bond motifs is 1. The van der Waals surface area contributed by atoms with E-state index >= 15 is 0 Å². The van der Waals surface area contributed by atoms with E-state index < -0.39 is 0 Å². The molecule has 3 heterocycles. The van der Waals surface area contributed by atoms with Gasteiger partial charge < -0.3 is 14.8 Å². The lowest BCUT2D eigenvalue weighted by molar-refractivity contribution is 0.156. The van der Waals surface area contributed by atoms with Gasteiger partial charge in [-0.25, -0.2) is 9.29 Å². The van der Waals surface area contributed by atoms with E-state index in [9.17, 15) is 9.90 Å². The van der Waals surface area contributed by atoms with E-state index in [4.69, 9.17) is 9.72 Å². The molecule has 190 valence electrons. The number of benzene rings is 1. The van der Waals surface area contributed by atoms with Crippen LogP contribution in [-0.4, -0.2) is 80.0 Å². The Morgan fingerprint density at radius 3 is 2.63 bits per heavy atom. The largest absolute Gasteiger partial charge is 0.493 e. The van der Waals surface area contributed by atoms with Crippen LogP contribution in [0.15, 0.2) is 27.9 Å². The molecule has 1 aromatic carbocycles. The van der Waals surface area contributed by atoms with Crippen LogP contribution in [0.1, 0.15) is 39.3 Å².